The van der Waals surface area contributed by atoms with Gasteiger partial charge in [-0.15, -0.1) is 0 Å². The zero-order valence-electron chi connectivity index (χ0n) is 21.9. The first-order chi connectivity index (χ1) is 20.2. The Balaban J connectivity index is 1.18. The molecule has 3 aliphatic rings. The molecule has 1 aromatic heterocycles. The Morgan fingerprint density at radius 2 is 1.44 bits per heavy atom. The van der Waals surface area contributed by atoms with Crippen LogP contribution in [0.25, 0.3) is 44.2 Å². The Labute approximate surface area is 242 Å². The second kappa shape index (κ2) is 8.57. The molecule has 5 heteroatoms. The molecule has 0 bridgehead atoms. The zero-order valence-corrected chi connectivity index (χ0v) is 23.6. The van der Waals surface area contributed by atoms with E-state index < -0.39 is 6.04 Å². The van der Waals surface area contributed by atoms with Gasteiger partial charge >= 0.3 is 0 Å². The van der Waals surface area contributed by atoms with E-state index in [4.69, 9.17) is 25.7 Å². The van der Waals surface area contributed by atoms with E-state index in [1.54, 1.807) is 0 Å². The molecule has 0 amide bonds. The summed E-state index contributed by atoms with van der Waals surface area (Å²) in [6, 6.07) is 35.8. The number of fused-ring (bicyclic) bond motifs is 7. The van der Waals surface area contributed by atoms with Gasteiger partial charge in [-0.1, -0.05) is 90.7 Å². The Kier molecular flexibility index (Phi) is 4.88. The number of rotatable bonds is 2. The van der Waals surface area contributed by atoms with Crippen LogP contribution < -0.4 is 20.1 Å². The molecule has 0 N–H and O–H groups in total. The summed E-state index contributed by atoms with van der Waals surface area (Å²) in [6.07, 6.45) is 6.06. The molecule has 2 aliphatic heterocycles. The van der Waals surface area contributed by atoms with Crippen molar-refractivity contribution in [2.45, 2.75) is 11.8 Å². The molecule has 5 aromatic carbocycles. The van der Waals surface area contributed by atoms with Gasteiger partial charge < -0.3 is 13.9 Å². The Morgan fingerprint density at radius 1 is 0.659 bits per heavy atom. The summed E-state index contributed by atoms with van der Waals surface area (Å²) < 4.78 is 19.3. The van der Waals surface area contributed by atoms with Gasteiger partial charge in [0.25, 0.3) is 0 Å². The van der Waals surface area contributed by atoms with Crippen LogP contribution in [0.2, 0.25) is 0 Å². The van der Waals surface area contributed by atoms with E-state index >= 15 is 0 Å². The first-order valence-electron chi connectivity index (χ1n) is 13.8. The van der Waals surface area contributed by atoms with E-state index in [-0.39, 0.29) is 11.8 Å². The minimum absolute atomic E-state index is 0.0170. The summed E-state index contributed by atoms with van der Waals surface area (Å²) in [5.41, 5.74) is 6.24. The van der Waals surface area contributed by atoms with Crippen LogP contribution in [0.4, 0.5) is 0 Å². The highest BCUT2D eigenvalue weighted by Gasteiger charge is 2.51. The van der Waals surface area contributed by atoms with E-state index in [1.165, 1.54) is 0 Å². The maximum Gasteiger partial charge on any atom is 0.143 e. The van der Waals surface area contributed by atoms with E-state index in [0.29, 0.717) is 0 Å². The Bertz CT molecular complexity index is 2170. The minimum atomic E-state index is -2.23. The van der Waals surface area contributed by atoms with Crippen molar-refractivity contribution < 1.29 is 13.9 Å². The number of para-hydroxylation sites is 3. The predicted octanol–water partition coefficient (Wildman–Crippen LogP) is 8.33. The van der Waals surface area contributed by atoms with Crippen LogP contribution in [0, 0.1) is 0 Å². The van der Waals surface area contributed by atoms with Gasteiger partial charge in [0, 0.05) is 33.0 Å². The van der Waals surface area contributed by atoms with E-state index in [0.717, 1.165) is 72.1 Å². The summed E-state index contributed by atoms with van der Waals surface area (Å²) in [4.78, 5) is 0. The number of furan rings is 1. The highest BCUT2D eigenvalue weighted by atomic mass is 32.4. The average molecular weight is 567 g/mol. The van der Waals surface area contributed by atoms with Gasteiger partial charge in [-0.3, -0.25) is 0 Å². The molecule has 3 heterocycles. The lowest BCUT2D eigenvalue weighted by atomic mass is 9.97. The van der Waals surface area contributed by atoms with Crippen LogP contribution in [-0.4, -0.2) is 11.8 Å². The third-order valence-corrected chi connectivity index (χ3v) is 13.9. The number of allylic oxidation sites excluding steroid dienone is 2. The van der Waals surface area contributed by atoms with Gasteiger partial charge in [0.05, 0.1) is 5.66 Å². The molecule has 41 heavy (non-hydrogen) atoms. The highest BCUT2D eigenvalue weighted by Crippen LogP contribution is 2.62. The van der Waals surface area contributed by atoms with Crippen LogP contribution in [0.15, 0.2) is 138 Å². The molecule has 3 atom stereocenters. The van der Waals surface area contributed by atoms with Crippen LogP contribution in [0.3, 0.4) is 0 Å². The van der Waals surface area contributed by atoms with Crippen molar-refractivity contribution in [2.24, 2.45) is 0 Å². The summed E-state index contributed by atoms with van der Waals surface area (Å²) in [5, 5.41) is 4.52. The zero-order chi connectivity index (χ0) is 27.1. The standard InChI is InChI=1S/C36H23O3PS/c41-40-33-17-4-3-14-29(33)37-30-15-7-16-31(36(30)40)38-32-21-23(18-19-34(32)40)22-8-5-9-24(20-22)25-11-6-12-27-26-10-1-2-13-28(26)39-35(25)27/h1-21,31,36H. The fourth-order valence-corrected chi connectivity index (χ4v) is 11.6. The number of hydrogen-bond donors (Lipinski definition) is 0. The molecule has 0 spiro atoms. The monoisotopic (exact) mass is 566 g/mol. The molecule has 0 saturated carbocycles. The van der Waals surface area contributed by atoms with Gasteiger partial charge in [-0.2, -0.15) is 0 Å². The van der Waals surface area contributed by atoms with Crippen molar-refractivity contribution in [3.63, 3.8) is 0 Å². The molecule has 1 aliphatic carbocycles. The fourth-order valence-electron chi connectivity index (χ4n) is 6.63. The molecule has 3 nitrogen and oxygen atoms in total. The summed E-state index contributed by atoms with van der Waals surface area (Å²) >= 11 is 6.67. The van der Waals surface area contributed by atoms with E-state index in [1.807, 2.05) is 30.3 Å². The molecule has 6 aromatic rings. The van der Waals surface area contributed by atoms with Crippen molar-refractivity contribution in [1.29, 1.82) is 0 Å². The second-order valence-electron chi connectivity index (χ2n) is 10.8. The van der Waals surface area contributed by atoms with Crippen LogP contribution in [0.1, 0.15) is 0 Å². The Morgan fingerprint density at radius 3 is 2.41 bits per heavy atom. The van der Waals surface area contributed by atoms with Gasteiger partial charge in [0.1, 0.15) is 34.5 Å². The molecule has 0 radical (unpaired) electrons. The summed E-state index contributed by atoms with van der Waals surface area (Å²) in [6.45, 7) is 0. The second-order valence-corrected chi connectivity index (χ2v) is 15.3. The fraction of sp³-hybridized carbons (Fsp3) is 0.0556. The van der Waals surface area contributed by atoms with Gasteiger partial charge in [0.2, 0.25) is 0 Å². The van der Waals surface area contributed by atoms with Crippen LogP contribution >= 0.6 is 6.04 Å². The van der Waals surface area contributed by atoms with Crippen molar-refractivity contribution in [3.05, 3.63) is 133 Å². The molecule has 3 unspecified atom stereocenters. The van der Waals surface area contributed by atoms with Crippen molar-refractivity contribution >= 4 is 50.4 Å². The summed E-state index contributed by atoms with van der Waals surface area (Å²) in [7, 11) is 0. The van der Waals surface area contributed by atoms with Gasteiger partial charge in [0.15, 0.2) is 0 Å². The predicted molar refractivity (Wildman–Crippen MR) is 171 cm³/mol. The first-order valence-corrected chi connectivity index (χ1v) is 16.6. The lowest BCUT2D eigenvalue weighted by Crippen LogP contribution is -2.47. The molecular formula is C36H23O3PS. The van der Waals surface area contributed by atoms with Gasteiger partial charge in [-0.05, 0) is 65.2 Å². The molecule has 196 valence electrons. The SMILES string of the molecule is S=P12c3ccccc3OC3=CC=CC(Oc4cc(-c5cccc(-c6cccc7c6oc6ccccc67)c5)ccc41)C32. The Hall–Kier alpha value is -4.37. The van der Waals surface area contributed by atoms with Crippen LogP contribution in [0.5, 0.6) is 11.5 Å². The minimum Gasteiger partial charge on any atom is -0.484 e. The van der Waals surface area contributed by atoms with E-state index in [2.05, 4.69) is 97.1 Å². The van der Waals surface area contributed by atoms with Crippen molar-refractivity contribution in [1.82, 2.24) is 0 Å². The lowest BCUT2D eigenvalue weighted by Gasteiger charge is -2.46. The maximum atomic E-state index is 6.67. The van der Waals surface area contributed by atoms with Crippen LogP contribution in [-0.2, 0) is 11.8 Å². The quantitative estimate of drug-likeness (QED) is 0.197. The largest absolute Gasteiger partial charge is 0.484 e. The van der Waals surface area contributed by atoms with Crippen molar-refractivity contribution in [3.8, 4) is 33.8 Å². The van der Waals surface area contributed by atoms with Crippen molar-refractivity contribution in [2.75, 3.05) is 0 Å². The highest BCUT2D eigenvalue weighted by molar-refractivity contribution is 8.22. The van der Waals surface area contributed by atoms with E-state index in [9.17, 15) is 0 Å². The molecular weight excluding hydrogens is 543 g/mol. The number of hydrogen-bond acceptors (Lipinski definition) is 4. The lowest BCUT2D eigenvalue weighted by molar-refractivity contribution is 0.226. The van der Waals surface area contributed by atoms with Gasteiger partial charge in [-0.25, -0.2) is 0 Å². The molecule has 0 saturated heterocycles. The third-order valence-electron chi connectivity index (χ3n) is 8.50. The number of ether oxygens (including phenoxy) is 2. The molecule has 9 rings (SSSR count). The third kappa shape index (κ3) is 3.29. The molecule has 0 fully saturated rings. The smallest absolute Gasteiger partial charge is 0.143 e. The maximum absolute atomic E-state index is 6.67. The summed E-state index contributed by atoms with van der Waals surface area (Å²) in [5.74, 6) is 2.66. The number of benzene rings is 5. The average Bonchev–Trinajstić information content (AvgIpc) is 3.40. The first kappa shape index (κ1) is 23.3. The topological polar surface area (TPSA) is 31.6 Å². The normalized spacial score (nSPS) is 21.8.